The molecule has 30 heavy (non-hydrogen) atoms. The molecule has 0 bridgehead atoms. The first-order valence-electron chi connectivity index (χ1n) is 10.0. The largest absolute Gasteiger partial charge is 0.416 e. The number of rotatable bonds is 5. The maximum absolute atomic E-state index is 13.1. The Labute approximate surface area is 180 Å². The lowest BCUT2D eigenvalue weighted by Crippen LogP contribution is -2.54. The Morgan fingerprint density at radius 3 is 2.43 bits per heavy atom. The van der Waals surface area contributed by atoms with Crippen molar-refractivity contribution in [2.24, 2.45) is 0 Å². The maximum atomic E-state index is 13.1. The van der Waals surface area contributed by atoms with Crippen molar-refractivity contribution in [3.05, 3.63) is 45.5 Å². The van der Waals surface area contributed by atoms with Crippen molar-refractivity contribution in [2.45, 2.75) is 62.8 Å². The fourth-order valence-corrected chi connectivity index (χ4v) is 4.64. The van der Waals surface area contributed by atoms with Gasteiger partial charge in [-0.05, 0) is 50.9 Å². The molecule has 10 heteroatoms. The highest BCUT2D eigenvalue weighted by Crippen LogP contribution is 2.33. The van der Waals surface area contributed by atoms with Crippen molar-refractivity contribution in [3.8, 4) is 0 Å². The molecule has 0 N–H and O–H groups in total. The number of benzene rings is 1. The molecule has 2 aliphatic rings. The number of amides is 1. The fourth-order valence-electron chi connectivity index (χ4n) is 4.64. The van der Waals surface area contributed by atoms with Gasteiger partial charge in [-0.1, -0.05) is 25.0 Å². The number of hydrogen-bond acceptors (Lipinski definition) is 4. The summed E-state index contributed by atoms with van der Waals surface area (Å²) in [5, 5.41) is 11.7. The van der Waals surface area contributed by atoms with Crippen LogP contribution in [0.25, 0.3) is 0 Å². The normalized spacial score (nSPS) is 23.5. The first-order chi connectivity index (χ1) is 13.7. The molecule has 3 rings (SSSR count). The minimum atomic E-state index is -4.63. The van der Waals surface area contributed by atoms with E-state index in [0.29, 0.717) is 6.07 Å². The van der Waals surface area contributed by atoms with Gasteiger partial charge in [-0.2, -0.15) is 13.2 Å². The molecule has 1 saturated heterocycles. The van der Waals surface area contributed by atoms with Crippen LogP contribution in [0.1, 0.15) is 55.7 Å². The van der Waals surface area contributed by atoms with Gasteiger partial charge in [-0.25, -0.2) is 0 Å². The molecule has 168 valence electrons. The van der Waals surface area contributed by atoms with Gasteiger partial charge in [0.1, 0.15) is 0 Å². The summed E-state index contributed by atoms with van der Waals surface area (Å²) in [6.45, 7) is 1.91. The number of carbonyl (C=O) groups excluding carboxylic acids is 1. The molecule has 1 aromatic carbocycles. The lowest BCUT2D eigenvalue weighted by atomic mass is 9.87. The number of alkyl halides is 3. The lowest BCUT2D eigenvalue weighted by molar-refractivity contribution is -0.515. The minimum Gasteiger partial charge on any atom is -0.335 e. The first-order valence-corrected chi connectivity index (χ1v) is 10.0. The van der Waals surface area contributed by atoms with Gasteiger partial charge in [0.2, 0.25) is 0 Å². The van der Waals surface area contributed by atoms with Crippen LogP contribution in [0.4, 0.5) is 13.2 Å². The van der Waals surface area contributed by atoms with Gasteiger partial charge in [0.05, 0.1) is 5.56 Å². The molecule has 1 heterocycles. The second-order valence-corrected chi connectivity index (χ2v) is 7.92. The van der Waals surface area contributed by atoms with Crippen LogP contribution in [-0.4, -0.2) is 52.9 Å². The quantitative estimate of drug-likeness (QED) is 0.496. The smallest absolute Gasteiger partial charge is 0.335 e. The third-order valence-corrected chi connectivity index (χ3v) is 6.12. The molecule has 2 fully saturated rings. The number of carbonyl (C=O) groups is 1. The Bertz CT molecular complexity index is 756. The predicted octanol–water partition coefficient (Wildman–Crippen LogP) is 4.31. The highest BCUT2D eigenvalue weighted by Gasteiger charge is 2.42. The van der Waals surface area contributed by atoms with Crippen LogP contribution in [0.2, 0.25) is 0 Å². The second-order valence-electron chi connectivity index (χ2n) is 7.92. The molecule has 2 unspecified atom stereocenters. The zero-order chi connectivity index (χ0) is 21.2. The van der Waals surface area contributed by atoms with E-state index in [0.717, 1.165) is 63.7 Å². The summed E-state index contributed by atoms with van der Waals surface area (Å²) in [6.07, 6.45) is 1.22. The Balaban J connectivity index is 0.00000320. The number of likely N-dealkylation sites (N-methyl/N-ethyl adjacent to an activating group) is 1. The summed E-state index contributed by atoms with van der Waals surface area (Å²) >= 11 is 0. The molecule has 1 aromatic rings. The summed E-state index contributed by atoms with van der Waals surface area (Å²) in [4.78, 5) is 27.8. The summed E-state index contributed by atoms with van der Waals surface area (Å²) in [5.41, 5.74) is -1.24. The van der Waals surface area contributed by atoms with Crippen molar-refractivity contribution in [1.82, 2.24) is 9.80 Å². The van der Waals surface area contributed by atoms with Gasteiger partial charge in [0, 0.05) is 29.6 Å². The average Bonchev–Trinajstić information content (AvgIpc) is 3.21. The monoisotopic (exact) mass is 449 g/mol. The molecule has 1 aliphatic heterocycles. The van der Waals surface area contributed by atoms with Gasteiger partial charge < -0.3 is 4.90 Å². The van der Waals surface area contributed by atoms with E-state index in [4.69, 9.17) is 0 Å². The van der Waals surface area contributed by atoms with Gasteiger partial charge >= 0.3 is 18.1 Å². The topological polar surface area (TPSA) is 66.7 Å². The molecule has 0 spiro atoms. The number of hydrogen-bond donors (Lipinski definition) is 0. The van der Waals surface area contributed by atoms with E-state index in [1.54, 1.807) is 7.05 Å². The number of nitrogens with zero attached hydrogens (tertiary/aromatic N) is 3. The van der Waals surface area contributed by atoms with Gasteiger partial charge in [0.15, 0.2) is 0 Å². The number of nitro groups is 1. The maximum Gasteiger partial charge on any atom is 0.416 e. The summed E-state index contributed by atoms with van der Waals surface area (Å²) in [7, 11) is 1.55. The van der Waals surface area contributed by atoms with Gasteiger partial charge in [0.25, 0.3) is 0 Å². The molecule has 1 saturated carbocycles. The third kappa shape index (κ3) is 5.24. The summed E-state index contributed by atoms with van der Waals surface area (Å²) in [5.74, 6) is -0.759. The van der Waals surface area contributed by atoms with Gasteiger partial charge in [-0.3, -0.25) is 19.8 Å². The highest BCUT2D eigenvalue weighted by atomic mass is 35.5. The van der Waals surface area contributed by atoms with Crippen LogP contribution in [-0.2, 0) is 11.0 Å². The van der Waals surface area contributed by atoms with Crippen LogP contribution in [0.5, 0.6) is 0 Å². The zero-order valence-electron chi connectivity index (χ0n) is 16.8. The summed E-state index contributed by atoms with van der Waals surface area (Å²) < 4.78 is 39.1. The molecule has 3 atom stereocenters. The molecule has 0 aromatic heterocycles. The third-order valence-electron chi connectivity index (χ3n) is 6.12. The van der Waals surface area contributed by atoms with E-state index in [9.17, 15) is 28.1 Å². The SMILES string of the molecule is CN(C(=O)[C@H](c1cccc(C(F)(F)F)c1)[N+](=O)[O-])C1CCCCC1N1CCCC1.Cl. The Hall–Kier alpha value is -1.87. The van der Waals surface area contributed by atoms with Crippen molar-refractivity contribution in [2.75, 3.05) is 20.1 Å². The Morgan fingerprint density at radius 2 is 1.83 bits per heavy atom. The van der Waals surface area contributed by atoms with Crippen molar-refractivity contribution < 1.29 is 22.9 Å². The molecule has 1 amide bonds. The van der Waals surface area contributed by atoms with Crippen molar-refractivity contribution in [1.29, 1.82) is 0 Å². The standard InChI is InChI=1S/C20H26F3N3O3.ClH/c1-24(16-9-2-3-10-17(16)25-11-4-5-12-25)19(27)18(26(28)29)14-7-6-8-15(13-14)20(21,22)23;/h6-8,13,16-18H,2-5,9-12H2,1H3;1H/t16?,17?,18-;/m0./s1. The predicted molar refractivity (Wildman–Crippen MR) is 108 cm³/mol. The first kappa shape index (κ1) is 24.4. The van der Waals surface area contributed by atoms with Crippen LogP contribution < -0.4 is 0 Å². The van der Waals surface area contributed by atoms with Crippen LogP contribution in [0, 0.1) is 10.1 Å². The van der Waals surface area contributed by atoms with Gasteiger partial charge in [-0.15, -0.1) is 12.4 Å². The average molecular weight is 450 g/mol. The minimum absolute atomic E-state index is 0. The lowest BCUT2D eigenvalue weighted by Gasteiger charge is -2.42. The number of halogens is 4. The fraction of sp³-hybridized carbons (Fsp3) is 0.650. The summed E-state index contributed by atoms with van der Waals surface area (Å²) in [6, 6.07) is 2.01. The van der Waals surface area contributed by atoms with E-state index in [2.05, 4.69) is 4.90 Å². The molecule has 1 aliphatic carbocycles. The van der Waals surface area contributed by atoms with E-state index < -0.39 is 28.6 Å². The van der Waals surface area contributed by atoms with E-state index in [-0.39, 0.29) is 30.1 Å². The highest BCUT2D eigenvalue weighted by molar-refractivity contribution is 5.85. The number of likely N-dealkylation sites (tertiary alicyclic amines) is 1. The van der Waals surface area contributed by atoms with E-state index in [1.165, 1.54) is 11.0 Å². The molecular formula is C20H27ClF3N3O3. The van der Waals surface area contributed by atoms with Crippen LogP contribution in [0.3, 0.4) is 0 Å². The zero-order valence-corrected chi connectivity index (χ0v) is 17.6. The van der Waals surface area contributed by atoms with E-state index in [1.807, 2.05) is 0 Å². The second kappa shape index (κ2) is 9.96. The van der Waals surface area contributed by atoms with E-state index >= 15 is 0 Å². The Morgan fingerprint density at radius 1 is 1.20 bits per heavy atom. The molecule has 6 nitrogen and oxygen atoms in total. The van der Waals surface area contributed by atoms with Crippen LogP contribution >= 0.6 is 12.4 Å². The molecular weight excluding hydrogens is 423 g/mol. The van der Waals surface area contributed by atoms with Crippen molar-refractivity contribution in [3.63, 3.8) is 0 Å². The van der Waals surface area contributed by atoms with Crippen LogP contribution in [0.15, 0.2) is 24.3 Å². The van der Waals surface area contributed by atoms with Crippen molar-refractivity contribution >= 4 is 18.3 Å². The Kier molecular flexibility index (Phi) is 8.10. The molecule has 0 radical (unpaired) electrons.